The van der Waals surface area contributed by atoms with Crippen molar-refractivity contribution in [3.05, 3.63) is 69.9 Å². The number of nitrogens with zero attached hydrogens (tertiary/aromatic N) is 2. The molecule has 0 bridgehead atoms. The number of hydrogen-bond donors (Lipinski definition) is 0. The highest BCUT2D eigenvalue weighted by molar-refractivity contribution is 6.04. The summed E-state index contributed by atoms with van der Waals surface area (Å²) in [4.78, 5) is 37.4. The highest BCUT2D eigenvalue weighted by Crippen LogP contribution is 2.19. The molecule has 0 amide bonds. The van der Waals surface area contributed by atoms with E-state index in [0.717, 1.165) is 6.07 Å². The van der Waals surface area contributed by atoms with Gasteiger partial charge in [-0.25, -0.2) is 13.9 Å². The van der Waals surface area contributed by atoms with Gasteiger partial charge in [-0.1, -0.05) is 18.2 Å². The second kappa shape index (κ2) is 8.22. The van der Waals surface area contributed by atoms with Crippen molar-refractivity contribution in [3.63, 3.8) is 0 Å². The Morgan fingerprint density at radius 1 is 1.14 bits per heavy atom. The predicted octanol–water partition coefficient (Wildman–Crippen LogP) is 3.16. The van der Waals surface area contributed by atoms with Crippen molar-refractivity contribution in [2.45, 2.75) is 19.9 Å². The molecule has 0 aliphatic heterocycles. The minimum Gasteiger partial charge on any atom is -0.494 e. The van der Waals surface area contributed by atoms with Gasteiger partial charge in [-0.2, -0.15) is 5.10 Å². The molecule has 0 aliphatic rings. The van der Waals surface area contributed by atoms with E-state index in [2.05, 4.69) is 5.10 Å². The molecule has 7 nitrogen and oxygen atoms in total. The fraction of sp³-hybridized carbons (Fsp3) is 0.238. The lowest BCUT2D eigenvalue weighted by Crippen LogP contribution is -2.28. The first-order chi connectivity index (χ1) is 13.8. The molecule has 0 spiro atoms. The van der Waals surface area contributed by atoms with Gasteiger partial charge in [0, 0.05) is 10.9 Å². The third-order valence-corrected chi connectivity index (χ3v) is 4.32. The van der Waals surface area contributed by atoms with E-state index in [1.165, 1.54) is 23.9 Å². The maximum Gasteiger partial charge on any atom is 0.359 e. The van der Waals surface area contributed by atoms with Crippen LogP contribution in [0.25, 0.3) is 10.8 Å². The van der Waals surface area contributed by atoms with Crippen molar-refractivity contribution in [3.8, 4) is 5.75 Å². The van der Waals surface area contributed by atoms with Gasteiger partial charge in [-0.3, -0.25) is 9.59 Å². The quantitative estimate of drug-likeness (QED) is 0.468. The van der Waals surface area contributed by atoms with Crippen LogP contribution in [0.5, 0.6) is 5.75 Å². The molecule has 1 aromatic heterocycles. The molecular formula is C21H19FN2O5. The van der Waals surface area contributed by atoms with Crippen molar-refractivity contribution in [2.75, 3.05) is 13.7 Å². The summed E-state index contributed by atoms with van der Waals surface area (Å²) in [6, 6.07) is 9.98. The zero-order valence-electron chi connectivity index (χ0n) is 16.1. The van der Waals surface area contributed by atoms with Crippen LogP contribution in [0.1, 0.15) is 40.7 Å². The van der Waals surface area contributed by atoms with Crippen LogP contribution in [0, 0.1) is 5.82 Å². The van der Waals surface area contributed by atoms with E-state index in [0.29, 0.717) is 10.8 Å². The predicted molar refractivity (Wildman–Crippen MR) is 104 cm³/mol. The Morgan fingerprint density at radius 2 is 1.83 bits per heavy atom. The van der Waals surface area contributed by atoms with E-state index >= 15 is 0 Å². The summed E-state index contributed by atoms with van der Waals surface area (Å²) in [7, 11) is 1.32. The molecular weight excluding hydrogens is 379 g/mol. The number of fused-ring (bicyclic) bond motifs is 1. The highest BCUT2D eigenvalue weighted by Gasteiger charge is 2.20. The number of hydrogen-bond acceptors (Lipinski definition) is 6. The number of esters is 1. The number of methoxy groups -OCH3 is 1. The Bertz CT molecular complexity index is 1150. The van der Waals surface area contributed by atoms with Gasteiger partial charge in [0.25, 0.3) is 5.56 Å². The van der Waals surface area contributed by atoms with E-state index in [1.807, 2.05) is 0 Å². The van der Waals surface area contributed by atoms with Crippen molar-refractivity contribution in [1.82, 2.24) is 9.78 Å². The summed E-state index contributed by atoms with van der Waals surface area (Å²) in [6.45, 7) is 2.93. The Balaban J connectivity index is 1.87. The maximum atomic E-state index is 13.8. The summed E-state index contributed by atoms with van der Waals surface area (Å²) in [5, 5.41) is 4.79. The number of carbonyl (C=O) groups is 2. The zero-order valence-corrected chi connectivity index (χ0v) is 16.1. The van der Waals surface area contributed by atoms with Gasteiger partial charge in [0.05, 0.1) is 18.5 Å². The standard InChI is InChI=1S/C21H19FN2O5/c1-12(2)24-20(26)15-7-5-4-6-14(15)19(23-24)21(27)29-11-17(25)13-8-9-18(28-3)16(22)10-13/h4-10,12H,11H2,1-3H3. The van der Waals surface area contributed by atoms with Crippen LogP contribution in [0.2, 0.25) is 0 Å². The SMILES string of the molecule is COc1ccc(C(=O)COC(=O)c2nn(C(C)C)c(=O)c3ccccc23)cc1F. The van der Waals surface area contributed by atoms with Crippen LogP contribution in [0.3, 0.4) is 0 Å². The van der Waals surface area contributed by atoms with Crippen LogP contribution in [-0.2, 0) is 4.74 Å². The van der Waals surface area contributed by atoms with E-state index in [1.54, 1.807) is 38.1 Å². The molecule has 8 heteroatoms. The van der Waals surface area contributed by atoms with Crippen molar-refractivity contribution >= 4 is 22.5 Å². The minimum absolute atomic E-state index is 0.00477. The maximum absolute atomic E-state index is 13.8. The van der Waals surface area contributed by atoms with Gasteiger partial charge in [-0.05, 0) is 38.1 Å². The lowest BCUT2D eigenvalue weighted by Gasteiger charge is -2.13. The molecule has 0 fully saturated rings. The Hall–Kier alpha value is -3.55. The van der Waals surface area contributed by atoms with Crippen LogP contribution in [-0.4, -0.2) is 35.2 Å². The fourth-order valence-electron chi connectivity index (χ4n) is 2.83. The molecule has 1 heterocycles. The molecule has 0 saturated heterocycles. The van der Waals surface area contributed by atoms with Gasteiger partial charge >= 0.3 is 5.97 Å². The molecule has 0 radical (unpaired) electrons. The van der Waals surface area contributed by atoms with Gasteiger partial charge in [0.2, 0.25) is 0 Å². The van der Waals surface area contributed by atoms with Gasteiger partial charge in [0.1, 0.15) is 0 Å². The smallest absolute Gasteiger partial charge is 0.359 e. The number of ketones is 1. The normalized spacial score (nSPS) is 10.9. The second-order valence-corrected chi connectivity index (χ2v) is 6.59. The molecule has 0 N–H and O–H groups in total. The first-order valence-corrected chi connectivity index (χ1v) is 8.89. The molecule has 0 aliphatic carbocycles. The number of carbonyl (C=O) groups excluding carboxylic acids is 2. The summed E-state index contributed by atoms with van der Waals surface area (Å²) in [5.41, 5.74) is -0.347. The molecule has 0 unspecified atom stereocenters. The molecule has 0 atom stereocenters. The number of Topliss-reactive ketones (excluding diaryl/α,β-unsaturated/α-hetero) is 1. The van der Waals surface area contributed by atoms with Gasteiger partial charge in [-0.15, -0.1) is 0 Å². The lowest BCUT2D eigenvalue weighted by molar-refractivity contribution is 0.0468. The van der Waals surface area contributed by atoms with E-state index in [-0.39, 0.29) is 28.6 Å². The van der Waals surface area contributed by atoms with Gasteiger partial charge < -0.3 is 9.47 Å². The molecule has 3 rings (SSSR count). The number of aromatic nitrogens is 2. The van der Waals surface area contributed by atoms with Crippen LogP contribution in [0.15, 0.2) is 47.3 Å². The number of benzene rings is 2. The Labute approximate surface area is 165 Å². The average Bonchev–Trinajstić information content (AvgIpc) is 2.71. The van der Waals surface area contributed by atoms with Crippen LogP contribution >= 0.6 is 0 Å². The molecule has 0 saturated carbocycles. The Morgan fingerprint density at radius 3 is 2.45 bits per heavy atom. The number of rotatable bonds is 6. The molecule has 29 heavy (non-hydrogen) atoms. The third-order valence-electron chi connectivity index (χ3n) is 4.32. The van der Waals surface area contributed by atoms with E-state index in [9.17, 15) is 18.8 Å². The third kappa shape index (κ3) is 4.01. The minimum atomic E-state index is -0.849. The van der Waals surface area contributed by atoms with Crippen molar-refractivity contribution in [1.29, 1.82) is 0 Å². The molecule has 3 aromatic rings. The summed E-state index contributed by atoms with van der Waals surface area (Å²) in [5.74, 6) is -2.12. The zero-order chi connectivity index (χ0) is 21.1. The van der Waals surface area contributed by atoms with Gasteiger partial charge in [0.15, 0.2) is 29.7 Å². The van der Waals surface area contributed by atoms with Crippen molar-refractivity contribution < 1.29 is 23.5 Å². The topological polar surface area (TPSA) is 87.5 Å². The Kier molecular flexibility index (Phi) is 5.72. The lowest BCUT2D eigenvalue weighted by atomic mass is 10.1. The van der Waals surface area contributed by atoms with E-state index < -0.39 is 24.2 Å². The highest BCUT2D eigenvalue weighted by atomic mass is 19.1. The van der Waals surface area contributed by atoms with E-state index in [4.69, 9.17) is 9.47 Å². The monoisotopic (exact) mass is 398 g/mol. The van der Waals surface area contributed by atoms with Crippen molar-refractivity contribution in [2.24, 2.45) is 0 Å². The van der Waals surface area contributed by atoms with Crippen LogP contribution < -0.4 is 10.3 Å². The number of ether oxygens (including phenoxy) is 2. The second-order valence-electron chi connectivity index (χ2n) is 6.59. The molecule has 150 valence electrons. The first-order valence-electron chi connectivity index (χ1n) is 8.89. The first kappa shape index (κ1) is 20.2. The summed E-state index contributed by atoms with van der Waals surface area (Å²) < 4.78 is 24.9. The van der Waals surface area contributed by atoms with Crippen LogP contribution in [0.4, 0.5) is 4.39 Å². The number of halogens is 1. The largest absolute Gasteiger partial charge is 0.494 e. The average molecular weight is 398 g/mol. The molecule has 2 aromatic carbocycles. The summed E-state index contributed by atoms with van der Waals surface area (Å²) in [6.07, 6.45) is 0. The summed E-state index contributed by atoms with van der Waals surface area (Å²) >= 11 is 0. The fourth-order valence-corrected chi connectivity index (χ4v) is 2.83.